The van der Waals surface area contributed by atoms with Crippen LogP contribution in [0.5, 0.6) is 0 Å². The van der Waals surface area contributed by atoms with Crippen molar-refractivity contribution < 1.29 is 0 Å². The van der Waals surface area contributed by atoms with Crippen molar-refractivity contribution in [1.82, 2.24) is 5.32 Å². The Morgan fingerprint density at radius 2 is 1.79 bits per heavy atom. The second-order valence-corrected chi connectivity index (χ2v) is 6.84. The largest absolute Gasteiger partial charge is 0.299 e. The Balaban J connectivity index is 1.90. The SMILES string of the molecule is CC1CSC2(CCCC23CCCC3)N1. The van der Waals surface area contributed by atoms with Crippen molar-refractivity contribution in [3.8, 4) is 0 Å². The first-order valence-electron chi connectivity index (χ1n) is 6.18. The van der Waals surface area contributed by atoms with E-state index in [0.29, 0.717) is 10.3 Å². The standard InChI is InChI=1S/C12H21NS/c1-10-9-14-12(13-10)8-4-7-11(12)5-2-3-6-11/h10,13H,2-9H2,1H3. The van der Waals surface area contributed by atoms with Crippen molar-refractivity contribution in [2.45, 2.75) is 62.8 Å². The zero-order chi connectivity index (χ0) is 9.65. The molecule has 2 spiro atoms. The monoisotopic (exact) mass is 211 g/mol. The summed E-state index contributed by atoms with van der Waals surface area (Å²) in [7, 11) is 0. The highest BCUT2D eigenvalue weighted by Gasteiger charge is 2.58. The first kappa shape index (κ1) is 9.53. The van der Waals surface area contributed by atoms with Gasteiger partial charge in [-0.1, -0.05) is 19.3 Å². The second kappa shape index (κ2) is 3.15. The van der Waals surface area contributed by atoms with Crippen LogP contribution in [0.15, 0.2) is 0 Å². The van der Waals surface area contributed by atoms with Gasteiger partial charge in [-0.05, 0) is 38.0 Å². The number of fused-ring (bicyclic) bond motifs is 1. The molecular formula is C12H21NS. The fourth-order valence-corrected chi connectivity index (χ4v) is 5.85. The van der Waals surface area contributed by atoms with Gasteiger partial charge in [0.15, 0.2) is 0 Å². The van der Waals surface area contributed by atoms with Gasteiger partial charge in [0.2, 0.25) is 0 Å². The topological polar surface area (TPSA) is 12.0 Å². The molecule has 2 unspecified atom stereocenters. The molecule has 1 aliphatic heterocycles. The minimum Gasteiger partial charge on any atom is -0.299 e. The molecule has 3 aliphatic rings. The molecule has 3 rings (SSSR count). The zero-order valence-electron chi connectivity index (χ0n) is 9.14. The van der Waals surface area contributed by atoms with E-state index in [-0.39, 0.29) is 0 Å². The van der Waals surface area contributed by atoms with E-state index in [1.54, 1.807) is 0 Å². The Morgan fingerprint density at radius 1 is 1.07 bits per heavy atom. The molecule has 2 aliphatic carbocycles. The summed E-state index contributed by atoms with van der Waals surface area (Å²) in [5.41, 5.74) is 0.697. The quantitative estimate of drug-likeness (QED) is 0.660. The molecule has 0 bridgehead atoms. The zero-order valence-corrected chi connectivity index (χ0v) is 9.96. The minimum atomic E-state index is 0.503. The van der Waals surface area contributed by atoms with Crippen LogP contribution in [-0.4, -0.2) is 16.7 Å². The number of rotatable bonds is 0. The molecule has 2 saturated carbocycles. The highest BCUT2D eigenvalue weighted by molar-refractivity contribution is 8.01. The lowest BCUT2D eigenvalue weighted by molar-refractivity contribution is 0.204. The molecule has 0 aromatic heterocycles. The van der Waals surface area contributed by atoms with Crippen LogP contribution in [0.25, 0.3) is 0 Å². The molecule has 2 atom stereocenters. The molecule has 0 aromatic rings. The summed E-state index contributed by atoms with van der Waals surface area (Å²) in [4.78, 5) is 0.503. The Bertz CT molecular complexity index is 229. The average molecular weight is 211 g/mol. The van der Waals surface area contributed by atoms with Crippen molar-refractivity contribution >= 4 is 11.8 Å². The van der Waals surface area contributed by atoms with Crippen LogP contribution in [0.4, 0.5) is 0 Å². The molecule has 2 heteroatoms. The third kappa shape index (κ3) is 1.13. The molecule has 0 amide bonds. The van der Waals surface area contributed by atoms with E-state index in [2.05, 4.69) is 24.0 Å². The van der Waals surface area contributed by atoms with Crippen LogP contribution < -0.4 is 5.32 Å². The summed E-state index contributed by atoms with van der Waals surface area (Å²) in [5, 5.41) is 3.92. The molecule has 0 radical (unpaired) electrons. The Morgan fingerprint density at radius 3 is 2.43 bits per heavy atom. The fraction of sp³-hybridized carbons (Fsp3) is 1.00. The van der Waals surface area contributed by atoms with Crippen LogP contribution in [0.3, 0.4) is 0 Å². The van der Waals surface area contributed by atoms with Crippen molar-refractivity contribution in [3.05, 3.63) is 0 Å². The lowest BCUT2D eigenvalue weighted by Crippen LogP contribution is -2.49. The highest BCUT2D eigenvalue weighted by atomic mass is 32.2. The van der Waals surface area contributed by atoms with E-state index in [1.807, 2.05) is 0 Å². The summed E-state index contributed by atoms with van der Waals surface area (Å²) in [6.45, 7) is 2.35. The third-order valence-corrected chi connectivity index (χ3v) is 6.58. The van der Waals surface area contributed by atoms with E-state index in [9.17, 15) is 0 Å². The number of nitrogens with one attached hydrogen (secondary N) is 1. The predicted molar refractivity (Wildman–Crippen MR) is 62.5 cm³/mol. The molecule has 1 N–H and O–H groups in total. The Kier molecular flexibility index (Phi) is 2.14. The van der Waals surface area contributed by atoms with E-state index < -0.39 is 0 Å². The van der Waals surface area contributed by atoms with E-state index in [0.717, 1.165) is 6.04 Å². The van der Waals surface area contributed by atoms with Gasteiger partial charge in [-0.25, -0.2) is 0 Å². The van der Waals surface area contributed by atoms with Gasteiger partial charge >= 0.3 is 0 Å². The van der Waals surface area contributed by atoms with Crippen LogP contribution in [0, 0.1) is 5.41 Å². The summed E-state index contributed by atoms with van der Waals surface area (Å²) >= 11 is 2.25. The van der Waals surface area contributed by atoms with Crippen molar-refractivity contribution in [2.75, 3.05) is 5.75 Å². The first-order valence-corrected chi connectivity index (χ1v) is 7.17. The smallest absolute Gasteiger partial charge is 0.0704 e. The maximum Gasteiger partial charge on any atom is 0.0704 e. The molecule has 1 nitrogen and oxygen atoms in total. The minimum absolute atomic E-state index is 0.503. The molecule has 0 aromatic carbocycles. The molecule has 14 heavy (non-hydrogen) atoms. The summed E-state index contributed by atoms with van der Waals surface area (Å²) < 4.78 is 0. The van der Waals surface area contributed by atoms with Gasteiger partial charge in [0.25, 0.3) is 0 Å². The first-order chi connectivity index (χ1) is 6.77. The molecule has 1 heterocycles. The third-order valence-electron chi connectivity index (χ3n) is 4.66. The average Bonchev–Trinajstić information content (AvgIpc) is 2.82. The molecule has 3 fully saturated rings. The number of thioether (sulfide) groups is 1. The maximum atomic E-state index is 3.92. The fourth-order valence-electron chi connectivity index (χ4n) is 4.05. The Hall–Kier alpha value is 0.310. The summed E-state index contributed by atoms with van der Waals surface area (Å²) in [6.07, 6.45) is 10.4. The van der Waals surface area contributed by atoms with Gasteiger partial charge < -0.3 is 0 Å². The van der Waals surface area contributed by atoms with Gasteiger partial charge in [-0.2, -0.15) is 0 Å². The second-order valence-electron chi connectivity index (χ2n) is 5.52. The molecule has 80 valence electrons. The van der Waals surface area contributed by atoms with Crippen LogP contribution in [0.2, 0.25) is 0 Å². The van der Waals surface area contributed by atoms with E-state index >= 15 is 0 Å². The van der Waals surface area contributed by atoms with Gasteiger partial charge in [-0.15, -0.1) is 11.8 Å². The van der Waals surface area contributed by atoms with E-state index in [4.69, 9.17) is 0 Å². The number of hydrogen-bond donors (Lipinski definition) is 1. The number of hydrogen-bond acceptors (Lipinski definition) is 2. The highest BCUT2D eigenvalue weighted by Crippen LogP contribution is 2.62. The molecular weight excluding hydrogens is 190 g/mol. The maximum absolute atomic E-state index is 3.92. The van der Waals surface area contributed by atoms with E-state index in [1.165, 1.54) is 50.7 Å². The molecule has 1 saturated heterocycles. The van der Waals surface area contributed by atoms with Gasteiger partial charge in [-0.3, -0.25) is 5.32 Å². The van der Waals surface area contributed by atoms with Crippen LogP contribution >= 0.6 is 11.8 Å². The van der Waals surface area contributed by atoms with Gasteiger partial charge in [0, 0.05) is 11.8 Å². The van der Waals surface area contributed by atoms with Crippen molar-refractivity contribution in [1.29, 1.82) is 0 Å². The van der Waals surface area contributed by atoms with Gasteiger partial charge in [0.1, 0.15) is 0 Å². The van der Waals surface area contributed by atoms with Crippen LogP contribution in [0.1, 0.15) is 51.9 Å². The predicted octanol–water partition coefficient (Wildman–Crippen LogP) is 3.15. The van der Waals surface area contributed by atoms with Crippen molar-refractivity contribution in [3.63, 3.8) is 0 Å². The lowest BCUT2D eigenvalue weighted by Gasteiger charge is -2.41. The van der Waals surface area contributed by atoms with Crippen molar-refractivity contribution in [2.24, 2.45) is 5.41 Å². The Labute approximate surface area is 91.4 Å². The van der Waals surface area contributed by atoms with Gasteiger partial charge in [0.05, 0.1) is 4.87 Å². The normalized spacial score (nSPS) is 45.6. The summed E-state index contributed by atoms with van der Waals surface area (Å²) in [5.74, 6) is 1.34. The summed E-state index contributed by atoms with van der Waals surface area (Å²) in [6, 6.07) is 0.746. The van der Waals surface area contributed by atoms with Crippen LogP contribution in [-0.2, 0) is 0 Å². The lowest BCUT2D eigenvalue weighted by atomic mass is 9.80.